The van der Waals surface area contributed by atoms with Crippen LogP contribution < -0.4 is 5.32 Å². The van der Waals surface area contributed by atoms with Gasteiger partial charge in [0.2, 0.25) is 12.7 Å². The van der Waals surface area contributed by atoms with Crippen LogP contribution in [0.15, 0.2) is 12.0 Å². The van der Waals surface area contributed by atoms with Gasteiger partial charge >= 0.3 is 6.09 Å². The zero-order chi connectivity index (χ0) is 14.8. The lowest BCUT2D eigenvalue weighted by Crippen LogP contribution is -2.58. The maximum Gasteiger partial charge on any atom is 0.411 e. The minimum atomic E-state index is -0.633. The molecule has 1 fully saturated rings. The van der Waals surface area contributed by atoms with Crippen LogP contribution in [0.3, 0.4) is 0 Å². The standard InChI is InChI=1S/C13H20N2O5/c1-13(2,3)20-12(17)15-5-4-14-11(16)10(15)6-9-7-18-8-19-9/h7,10H,4-6,8H2,1-3H3,(H,14,16). The number of carbonyl (C=O) groups excluding carboxylic acids is 2. The molecule has 7 heteroatoms. The fourth-order valence-corrected chi connectivity index (χ4v) is 2.03. The zero-order valence-corrected chi connectivity index (χ0v) is 12.0. The quantitative estimate of drug-likeness (QED) is 0.817. The third kappa shape index (κ3) is 3.55. The fourth-order valence-electron chi connectivity index (χ4n) is 2.03. The van der Waals surface area contributed by atoms with Crippen LogP contribution in [-0.2, 0) is 19.0 Å². The number of carbonyl (C=O) groups is 2. The molecule has 1 atom stereocenters. The Labute approximate surface area is 117 Å². The second-order valence-electron chi connectivity index (χ2n) is 5.70. The minimum absolute atomic E-state index is 0.149. The minimum Gasteiger partial charge on any atom is -0.462 e. The molecule has 0 aromatic heterocycles. The summed E-state index contributed by atoms with van der Waals surface area (Å²) in [7, 11) is 0. The van der Waals surface area contributed by atoms with Gasteiger partial charge in [-0.25, -0.2) is 4.79 Å². The van der Waals surface area contributed by atoms with Gasteiger partial charge in [-0.1, -0.05) is 0 Å². The molecule has 1 unspecified atom stereocenters. The molecular formula is C13H20N2O5. The molecule has 1 saturated heterocycles. The Balaban J connectivity index is 2.07. The third-order valence-corrected chi connectivity index (χ3v) is 2.88. The Bertz CT molecular complexity index is 427. The van der Waals surface area contributed by atoms with Crippen molar-refractivity contribution in [2.75, 3.05) is 19.9 Å². The molecule has 112 valence electrons. The van der Waals surface area contributed by atoms with E-state index in [2.05, 4.69) is 5.32 Å². The van der Waals surface area contributed by atoms with Crippen molar-refractivity contribution in [1.82, 2.24) is 10.2 Å². The summed E-state index contributed by atoms with van der Waals surface area (Å²) < 4.78 is 15.5. The molecule has 0 saturated carbocycles. The van der Waals surface area contributed by atoms with Crippen molar-refractivity contribution in [2.45, 2.75) is 38.8 Å². The van der Waals surface area contributed by atoms with Crippen LogP contribution in [0.4, 0.5) is 4.79 Å². The maximum atomic E-state index is 12.2. The molecule has 2 rings (SSSR count). The first-order valence-electron chi connectivity index (χ1n) is 6.57. The van der Waals surface area contributed by atoms with Gasteiger partial charge in [-0.05, 0) is 20.8 Å². The van der Waals surface area contributed by atoms with E-state index in [1.807, 2.05) is 0 Å². The third-order valence-electron chi connectivity index (χ3n) is 2.88. The Kier molecular flexibility index (Phi) is 4.06. The molecule has 2 aliphatic rings. The van der Waals surface area contributed by atoms with Crippen LogP contribution in [-0.4, -0.2) is 48.4 Å². The Hall–Kier alpha value is -1.92. The van der Waals surface area contributed by atoms with E-state index in [4.69, 9.17) is 14.2 Å². The Morgan fingerprint density at radius 3 is 2.90 bits per heavy atom. The average molecular weight is 284 g/mol. The second-order valence-corrected chi connectivity index (χ2v) is 5.70. The number of amides is 2. The molecule has 2 amide bonds. The van der Waals surface area contributed by atoms with Crippen molar-refractivity contribution in [3.63, 3.8) is 0 Å². The van der Waals surface area contributed by atoms with Crippen molar-refractivity contribution < 1.29 is 23.8 Å². The first-order chi connectivity index (χ1) is 9.37. The van der Waals surface area contributed by atoms with Crippen molar-refractivity contribution >= 4 is 12.0 Å². The van der Waals surface area contributed by atoms with E-state index in [1.165, 1.54) is 11.2 Å². The van der Waals surface area contributed by atoms with Gasteiger partial charge in [0.1, 0.15) is 23.7 Å². The topological polar surface area (TPSA) is 77.1 Å². The molecule has 2 aliphatic heterocycles. The Morgan fingerprint density at radius 2 is 2.30 bits per heavy atom. The highest BCUT2D eigenvalue weighted by Gasteiger charge is 2.36. The molecule has 0 radical (unpaired) electrons. The van der Waals surface area contributed by atoms with Crippen molar-refractivity contribution in [2.24, 2.45) is 0 Å². The van der Waals surface area contributed by atoms with Gasteiger partial charge in [0.15, 0.2) is 0 Å². The summed E-state index contributed by atoms with van der Waals surface area (Å²) in [5, 5.41) is 2.74. The monoisotopic (exact) mass is 284 g/mol. The molecule has 0 bridgehead atoms. The molecule has 0 aliphatic carbocycles. The van der Waals surface area contributed by atoms with Crippen LogP contribution in [0.1, 0.15) is 27.2 Å². The summed E-state index contributed by atoms with van der Waals surface area (Å²) in [6.07, 6.45) is 1.26. The van der Waals surface area contributed by atoms with Gasteiger partial charge in [-0.15, -0.1) is 0 Å². The van der Waals surface area contributed by atoms with Gasteiger partial charge in [-0.3, -0.25) is 9.69 Å². The van der Waals surface area contributed by atoms with E-state index >= 15 is 0 Å². The summed E-state index contributed by atoms with van der Waals surface area (Å²) in [5.41, 5.74) is -0.595. The molecule has 1 N–H and O–H groups in total. The smallest absolute Gasteiger partial charge is 0.411 e. The molecule has 0 spiro atoms. The van der Waals surface area contributed by atoms with Crippen molar-refractivity contribution in [3.05, 3.63) is 12.0 Å². The normalized spacial score (nSPS) is 22.6. The average Bonchev–Trinajstić information content (AvgIpc) is 2.82. The van der Waals surface area contributed by atoms with Crippen LogP contribution in [0.5, 0.6) is 0 Å². The lowest BCUT2D eigenvalue weighted by Gasteiger charge is -2.35. The van der Waals surface area contributed by atoms with Gasteiger partial charge in [0.25, 0.3) is 0 Å². The molecular weight excluding hydrogens is 264 g/mol. The molecule has 0 aromatic rings. The largest absolute Gasteiger partial charge is 0.462 e. The van der Waals surface area contributed by atoms with E-state index in [-0.39, 0.29) is 19.1 Å². The Morgan fingerprint density at radius 1 is 1.55 bits per heavy atom. The predicted molar refractivity (Wildman–Crippen MR) is 69.5 cm³/mol. The summed E-state index contributed by atoms with van der Waals surface area (Å²) in [6, 6.07) is -0.633. The van der Waals surface area contributed by atoms with Crippen molar-refractivity contribution in [3.8, 4) is 0 Å². The lowest BCUT2D eigenvalue weighted by molar-refractivity contribution is -0.129. The van der Waals surface area contributed by atoms with Crippen LogP contribution >= 0.6 is 0 Å². The maximum absolute atomic E-state index is 12.2. The first-order valence-corrected chi connectivity index (χ1v) is 6.57. The van der Waals surface area contributed by atoms with Gasteiger partial charge in [0, 0.05) is 19.5 Å². The van der Waals surface area contributed by atoms with Gasteiger partial charge < -0.3 is 19.5 Å². The highest BCUT2D eigenvalue weighted by molar-refractivity contribution is 5.87. The number of nitrogens with one attached hydrogen (secondary N) is 1. The zero-order valence-electron chi connectivity index (χ0n) is 12.0. The lowest BCUT2D eigenvalue weighted by atomic mass is 10.1. The fraction of sp³-hybridized carbons (Fsp3) is 0.692. The number of hydrogen-bond donors (Lipinski definition) is 1. The van der Waals surface area contributed by atoms with E-state index in [9.17, 15) is 9.59 Å². The number of ether oxygens (including phenoxy) is 3. The van der Waals surface area contributed by atoms with Crippen LogP contribution in [0.25, 0.3) is 0 Å². The van der Waals surface area contributed by atoms with Gasteiger partial charge in [0.05, 0.1) is 0 Å². The molecule has 20 heavy (non-hydrogen) atoms. The second kappa shape index (κ2) is 5.60. The van der Waals surface area contributed by atoms with Crippen LogP contribution in [0.2, 0.25) is 0 Å². The first kappa shape index (κ1) is 14.5. The molecule has 0 aromatic carbocycles. The van der Waals surface area contributed by atoms with Crippen molar-refractivity contribution in [1.29, 1.82) is 0 Å². The summed E-state index contributed by atoms with van der Waals surface area (Å²) in [6.45, 7) is 6.36. The van der Waals surface area contributed by atoms with E-state index in [1.54, 1.807) is 20.8 Å². The number of piperazine rings is 1. The summed E-state index contributed by atoms with van der Waals surface area (Å²) >= 11 is 0. The number of hydrogen-bond acceptors (Lipinski definition) is 5. The van der Waals surface area contributed by atoms with Crippen LogP contribution in [0, 0.1) is 0 Å². The SMILES string of the molecule is CC(C)(C)OC(=O)N1CCNC(=O)C1CC1=COCO1. The molecule has 2 heterocycles. The molecule has 7 nitrogen and oxygen atoms in total. The number of rotatable bonds is 2. The summed E-state index contributed by atoms with van der Waals surface area (Å²) in [5.74, 6) is 0.346. The number of nitrogens with zero attached hydrogens (tertiary/aromatic N) is 1. The van der Waals surface area contributed by atoms with E-state index < -0.39 is 17.7 Å². The van der Waals surface area contributed by atoms with E-state index in [0.29, 0.717) is 18.8 Å². The van der Waals surface area contributed by atoms with Gasteiger partial charge in [-0.2, -0.15) is 0 Å². The van der Waals surface area contributed by atoms with E-state index in [0.717, 1.165) is 0 Å². The highest BCUT2D eigenvalue weighted by Crippen LogP contribution is 2.21. The predicted octanol–water partition coefficient (Wildman–Crippen LogP) is 0.958. The summed E-state index contributed by atoms with van der Waals surface area (Å²) in [4.78, 5) is 25.6. The highest BCUT2D eigenvalue weighted by atomic mass is 16.7.